The van der Waals surface area contributed by atoms with Gasteiger partial charge in [-0.05, 0) is 18.2 Å². The van der Waals surface area contributed by atoms with E-state index in [4.69, 9.17) is 16.9 Å². The lowest BCUT2D eigenvalue weighted by Gasteiger charge is -1.98. The number of fused-ring (bicyclic) bond motifs is 1. The van der Waals surface area contributed by atoms with E-state index >= 15 is 0 Å². The Morgan fingerprint density at radius 3 is 3.00 bits per heavy atom. The molecule has 2 rings (SSSR count). The Kier molecular flexibility index (Phi) is 3.00. The maximum atomic E-state index is 8.37. The topological polar surface area (TPSA) is 49.6 Å². The Labute approximate surface area is 97.7 Å². The van der Waals surface area contributed by atoms with Crippen LogP contribution in [0.15, 0.2) is 24.5 Å². The van der Waals surface area contributed by atoms with Crippen molar-refractivity contribution in [3.8, 4) is 17.9 Å². The van der Waals surface area contributed by atoms with E-state index in [1.807, 2.05) is 24.3 Å². The lowest BCUT2D eigenvalue weighted by Crippen LogP contribution is -1.84. The quantitative estimate of drug-likeness (QED) is 0.513. The highest BCUT2D eigenvalue weighted by molar-refractivity contribution is 6.34. The zero-order valence-corrected chi connectivity index (χ0v) is 8.99. The summed E-state index contributed by atoms with van der Waals surface area (Å²) in [7, 11) is 0. The van der Waals surface area contributed by atoms with Crippen molar-refractivity contribution in [2.24, 2.45) is 0 Å². The summed E-state index contributed by atoms with van der Waals surface area (Å²) in [6, 6.07) is 7.46. The van der Waals surface area contributed by atoms with Crippen LogP contribution in [0.2, 0.25) is 5.15 Å². The van der Waals surface area contributed by atoms with E-state index in [0.717, 1.165) is 16.5 Å². The summed E-state index contributed by atoms with van der Waals surface area (Å²) in [5.41, 5.74) is 1.59. The molecule has 2 aromatic rings. The number of hydrogen-bond acceptors (Lipinski definition) is 3. The molecule has 0 saturated carbocycles. The van der Waals surface area contributed by atoms with E-state index in [1.54, 1.807) is 0 Å². The van der Waals surface area contributed by atoms with Crippen LogP contribution in [0.4, 0.5) is 0 Å². The summed E-state index contributed by atoms with van der Waals surface area (Å²) in [5, 5.41) is 9.55. The van der Waals surface area contributed by atoms with Gasteiger partial charge in [0.15, 0.2) is 0 Å². The molecule has 0 aliphatic heterocycles. The van der Waals surface area contributed by atoms with Crippen LogP contribution in [0, 0.1) is 23.2 Å². The van der Waals surface area contributed by atoms with Crippen LogP contribution in [0.3, 0.4) is 0 Å². The molecular weight excluding hydrogens is 222 g/mol. The molecule has 1 aromatic carbocycles. The van der Waals surface area contributed by atoms with Gasteiger partial charge in [0.1, 0.15) is 11.5 Å². The molecule has 0 aliphatic carbocycles. The monoisotopic (exact) mass is 227 g/mol. The Bertz CT molecular complexity index is 632. The molecule has 1 heterocycles. The summed E-state index contributed by atoms with van der Waals surface area (Å²) in [6.07, 6.45) is 1.64. The molecule has 3 nitrogen and oxygen atoms in total. The van der Waals surface area contributed by atoms with E-state index in [-0.39, 0.29) is 6.42 Å². The highest BCUT2D eigenvalue weighted by Gasteiger charge is 2.00. The second-order valence-corrected chi connectivity index (χ2v) is 3.39. The second-order valence-electron chi connectivity index (χ2n) is 3.03. The summed E-state index contributed by atoms with van der Waals surface area (Å²) in [5.74, 6) is 5.62. The standard InChI is InChI=1S/C12H6ClN3/c13-12-10-7-9(3-1-2-6-14)4-5-11(10)15-8-16-12/h4-5,7-8H,2H2. The number of nitriles is 1. The van der Waals surface area contributed by atoms with Gasteiger partial charge in [-0.2, -0.15) is 5.26 Å². The van der Waals surface area contributed by atoms with Crippen LogP contribution in [-0.2, 0) is 0 Å². The minimum Gasteiger partial charge on any atom is -0.236 e. The van der Waals surface area contributed by atoms with Gasteiger partial charge < -0.3 is 0 Å². The predicted octanol–water partition coefficient (Wildman–Crippen LogP) is 2.55. The van der Waals surface area contributed by atoms with Crippen molar-refractivity contribution >= 4 is 22.5 Å². The van der Waals surface area contributed by atoms with Crippen LogP contribution in [0.25, 0.3) is 10.9 Å². The molecule has 76 valence electrons. The molecular formula is C12H6ClN3. The minimum atomic E-state index is 0.219. The average molecular weight is 228 g/mol. The SMILES string of the molecule is N#CCC#Cc1ccc2ncnc(Cl)c2c1. The van der Waals surface area contributed by atoms with E-state index in [0.29, 0.717) is 5.15 Å². The average Bonchev–Trinajstić information content (AvgIpc) is 2.30. The molecule has 0 saturated heterocycles. The molecule has 16 heavy (non-hydrogen) atoms. The van der Waals surface area contributed by atoms with E-state index in [2.05, 4.69) is 21.8 Å². The molecule has 0 aliphatic rings. The summed E-state index contributed by atoms with van der Waals surface area (Å²) >= 11 is 5.94. The molecule has 0 amide bonds. The van der Waals surface area contributed by atoms with Crippen LogP contribution < -0.4 is 0 Å². The maximum Gasteiger partial charge on any atom is 0.140 e. The van der Waals surface area contributed by atoms with Gasteiger partial charge >= 0.3 is 0 Å². The molecule has 0 atom stereocenters. The Hall–Kier alpha value is -2.10. The van der Waals surface area contributed by atoms with Gasteiger partial charge in [-0.3, -0.25) is 0 Å². The summed E-state index contributed by atoms with van der Waals surface area (Å²) < 4.78 is 0. The fraction of sp³-hybridized carbons (Fsp3) is 0.0833. The molecule has 4 heteroatoms. The first-order valence-corrected chi connectivity index (χ1v) is 4.95. The van der Waals surface area contributed by atoms with Crippen LogP contribution in [0.5, 0.6) is 0 Å². The largest absolute Gasteiger partial charge is 0.236 e. The smallest absolute Gasteiger partial charge is 0.140 e. The van der Waals surface area contributed by atoms with Crippen molar-refractivity contribution < 1.29 is 0 Å². The second kappa shape index (κ2) is 4.61. The predicted molar refractivity (Wildman–Crippen MR) is 61.7 cm³/mol. The molecule has 0 fully saturated rings. The fourth-order valence-corrected chi connectivity index (χ4v) is 1.48. The first-order chi connectivity index (χ1) is 7.81. The summed E-state index contributed by atoms with van der Waals surface area (Å²) in [6.45, 7) is 0. The zero-order chi connectivity index (χ0) is 11.4. The minimum absolute atomic E-state index is 0.219. The van der Waals surface area contributed by atoms with Crippen LogP contribution in [0.1, 0.15) is 12.0 Å². The zero-order valence-electron chi connectivity index (χ0n) is 8.24. The molecule has 1 aromatic heterocycles. The Morgan fingerprint density at radius 2 is 2.19 bits per heavy atom. The molecule has 0 radical (unpaired) electrons. The third-order valence-electron chi connectivity index (χ3n) is 1.99. The number of aromatic nitrogens is 2. The number of benzene rings is 1. The van der Waals surface area contributed by atoms with Crippen LogP contribution in [-0.4, -0.2) is 9.97 Å². The highest BCUT2D eigenvalue weighted by atomic mass is 35.5. The van der Waals surface area contributed by atoms with Gasteiger partial charge in [0, 0.05) is 10.9 Å². The summed E-state index contributed by atoms with van der Waals surface area (Å²) in [4.78, 5) is 7.98. The number of hydrogen-bond donors (Lipinski definition) is 0. The van der Waals surface area contributed by atoms with Gasteiger partial charge in [0.25, 0.3) is 0 Å². The number of rotatable bonds is 0. The van der Waals surface area contributed by atoms with Crippen molar-refractivity contribution in [1.29, 1.82) is 5.26 Å². The van der Waals surface area contributed by atoms with Gasteiger partial charge in [-0.15, -0.1) is 0 Å². The normalized spacial score (nSPS) is 9.25. The first kappa shape index (κ1) is 10.4. The number of halogens is 1. The molecule has 0 unspecified atom stereocenters. The van der Waals surface area contributed by atoms with E-state index < -0.39 is 0 Å². The lowest BCUT2D eigenvalue weighted by atomic mass is 10.1. The van der Waals surface area contributed by atoms with Crippen molar-refractivity contribution in [3.05, 3.63) is 35.2 Å². The molecule has 0 N–H and O–H groups in total. The molecule has 0 spiro atoms. The Balaban J connectivity index is 2.49. The fourth-order valence-electron chi connectivity index (χ4n) is 1.29. The van der Waals surface area contributed by atoms with Crippen LogP contribution >= 0.6 is 11.6 Å². The van der Waals surface area contributed by atoms with Crippen molar-refractivity contribution in [2.45, 2.75) is 6.42 Å². The van der Waals surface area contributed by atoms with Gasteiger partial charge in [0.2, 0.25) is 0 Å². The first-order valence-electron chi connectivity index (χ1n) is 4.57. The van der Waals surface area contributed by atoms with Gasteiger partial charge in [-0.1, -0.05) is 23.4 Å². The van der Waals surface area contributed by atoms with Gasteiger partial charge in [0.05, 0.1) is 18.0 Å². The van der Waals surface area contributed by atoms with E-state index in [1.165, 1.54) is 6.33 Å². The number of nitrogens with zero attached hydrogens (tertiary/aromatic N) is 3. The maximum absolute atomic E-state index is 8.37. The van der Waals surface area contributed by atoms with Crippen molar-refractivity contribution in [2.75, 3.05) is 0 Å². The van der Waals surface area contributed by atoms with Crippen molar-refractivity contribution in [3.63, 3.8) is 0 Å². The third-order valence-corrected chi connectivity index (χ3v) is 2.29. The molecule has 0 bridgehead atoms. The van der Waals surface area contributed by atoms with E-state index in [9.17, 15) is 0 Å². The third kappa shape index (κ3) is 2.11. The lowest BCUT2D eigenvalue weighted by molar-refractivity contribution is 1.22. The Morgan fingerprint density at radius 1 is 1.31 bits per heavy atom. The highest BCUT2D eigenvalue weighted by Crippen LogP contribution is 2.19. The van der Waals surface area contributed by atoms with Gasteiger partial charge in [-0.25, -0.2) is 9.97 Å². The van der Waals surface area contributed by atoms with Crippen molar-refractivity contribution in [1.82, 2.24) is 9.97 Å².